The highest BCUT2D eigenvalue weighted by Gasteiger charge is 2.25. The zero-order chi connectivity index (χ0) is 16.8. The van der Waals surface area contributed by atoms with Gasteiger partial charge in [0.05, 0.1) is 14.2 Å². The van der Waals surface area contributed by atoms with Gasteiger partial charge in [0.15, 0.2) is 0 Å². The zero-order valence-corrected chi connectivity index (χ0v) is 14.4. The molecule has 2 aromatic carbocycles. The molecule has 2 N–H and O–H groups in total. The Morgan fingerprint density at radius 3 is 2.67 bits per heavy atom. The Bertz CT molecular complexity index is 645. The SMILES string of the molecule is COc1ccc(OC)c(CNC2CCCNC2c2ccccc2)c1. The third-order valence-electron chi connectivity index (χ3n) is 4.66. The summed E-state index contributed by atoms with van der Waals surface area (Å²) < 4.78 is 10.8. The molecule has 0 amide bonds. The number of piperidine rings is 1. The van der Waals surface area contributed by atoms with E-state index in [0.717, 1.165) is 30.2 Å². The van der Waals surface area contributed by atoms with Crippen LogP contribution in [0.5, 0.6) is 11.5 Å². The molecule has 1 fully saturated rings. The molecule has 1 heterocycles. The molecule has 2 atom stereocenters. The standard InChI is InChI=1S/C20H26N2O2/c1-23-17-10-11-19(24-2)16(13-17)14-22-18-9-6-12-21-20(18)15-7-4-3-5-8-15/h3-5,7-8,10-11,13,18,20-22H,6,9,12,14H2,1-2H3. The number of benzene rings is 2. The first kappa shape index (κ1) is 16.8. The van der Waals surface area contributed by atoms with Gasteiger partial charge in [0.2, 0.25) is 0 Å². The van der Waals surface area contributed by atoms with Crippen molar-refractivity contribution < 1.29 is 9.47 Å². The molecule has 128 valence electrons. The smallest absolute Gasteiger partial charge is 0.123 e. The van der Waals surface area contributed by atoms with Crippen molar-refractivity contribution in [1.29, 1.82) is 0 Å². The number of methoxy groups -OCH3 is 2. The molecular formula is C20H26N2O2. The highest BCUT2D eigenvalue weighted by molar-refractivity contribution is 5.40. The molecule has 0 radical (unpaired) electrons. The fourth-order valence-corrected chi connectivity index (χ4v) is 3.38. The summed E-state index contributed by atoms with van der Waals surface area (Å²) in [6.07, 6.45) is 2.36. The van der Waals surface area contributed by atoms with Crippen molar-refractivity contribution in [3.8, 4) is 11.5 Å². The van der Waals surface area contributed by atoms with E-state index >= 15 is 0 Å². The van der Waals surface area contributed by atoms with Crippen LogP contribution in [0.4, 0.5) is 0 Å². The van der Waals surface area contributed by atoms with Crippen molar-refractivity contribution in [1.82, 2.24) is 10.6 Å². The van der Waals surface area contributed by atoms with Gasteiger partial charge in [-0.05, 0) is 43.1 Å². The third-order valence-corrected chi connectivity index (χ3v) is 4.66. The van der Waals surface area contributed by atoms with E-state index in [-0.39, 0.29) is 0 Å². The van der Waals surface area contributed by atoms with Crippen LogP contribution in [0.2, 0.25) is 0 Å². The van der Waals surface area contributed by atoms with E-state index in [1.165, 1.54) is 18.4 Å². The predicted molar refractivity (Wildman–Crippen MR) is 96.6 cm³/mol. The molecule has 4 heteroatoms. The highest BCUT2D eigenvalue weighted by atomic mass is 16.5. The fourth-order valence-electron chi connectivity index (χ4n) is 3.38. The molecule has 2 aromatic rings. The van der Waals surface area contributed by atoms with Crippen molar-refractivity contribution in [3.63, 3.8) is 0 Å². The van der Waals surface area contributed by atoms with E-state index in [9.17, 15) is 0 Å². The molecule has 1 saturated heterocycles. The number of hydrogen-bond acceptors (Lipinski definition) is 4. The molecule has 0 aliphatic carbocycles. The number of nitrogens with one attached hydrogen (secondary N) is 2. The predicted octanol–water partition coefficient (Wildman–Crippen LogP) is 3.29. The van der Waals surface area contributed by atoms with E-state index in [1.54, 1.807) is 14.2 Å². The van der Waals surface area contributed by atoms with Gasteiger partial charge in [0.1, 0.15) is 11.5 Å². The van der Waals surface area contributed by atoms with Crippen molar-refractivity contribution in [2.24, 2.45) is 0 Å². The Labute approximate surface area is 144 Å². The van der Waals surface area contributed by atoms with Crippen molar-refractivity contribution >= 4 is 0 Å². The topological polar surface area (TPSA) is 42.5 Å². The van der Waals surface area contributed by atoms with Crippen LogP contribution in [0, 0.1) is 0 Å². The summed E-state index contributed by atoms with van der Waals surface area (Å²) in [7, 11) is 3.40. The van der Waals surface area contributed by atoms with Gasteiger partial charge in [-0.25, -0.2) is 0 Å². The number of rotatable bonds is 6. The second-order valence-corrected chi connectivity index (χ2v) is 6.15. The molecule has 0 saturated carbocycles. The summed E-state index contributed by atoms with van der Waals surface area (Å²) >= 11 is 0. The molecule has 2 unspecified atom stereocenters. The van der Waals surface area contributed by atoms with Crippen LogP contribution in [-0.4, -0.2) is 26.8 Å². The Kier molecular flexibility index (Phi) is 5.72. The van der Waals surface area contributed by atoms with Gasteiger partial charge < -0.3 is 20.1 Å². The van der Waals surface area contributed by atoms with Crippen LogP contribution >= 0.6 is 0 Å². The lowest BCUT2D eigenvalue weighted by Gasteiger charge is -2.34. The van der Waals surface area contributed by atoms with Crippen LogP contribution < -0.4 is 20.1 Å². The van der Waals surface area contributed by atoms with Gasteiger partial charge >= 0.3 is 0 Å². The molecule has 1 aliphatic heterocycles. The van der Waals surface area contributed by atoms with E-state index in [4.69, 9.17) is 9.47 Å². The minimum atomic E-state index is 0.344. The molecule has 0 spiro atoms. The van der Waals surface area contributed by atoms with Gasteiger partial charge in [-0.3, -0.25) is 0 Å². The molecule has 4 nitrogen and oxygen atoms in total. The van der Waals surface area contributed by atoms with Gasteiger partial charge in [-0.15, -0.1) is 0 Å². The molecule has 3 rings (SSSR count). The minimum Gasteiger partial charge on any atom is -0.497 e. The molecule has 0 aromatic heterocycles. The molecular weight excluding hydrogens is 300 g/mol. The summed E-state index contributed by atoms with van der Waals surface area (Å²) in [4.78, 5) is 0. The second-order valence-electron chi connectivity index (χ2n) is 6.15. The lowest BCUT2D eigenvalue weighted by Crippen LogP contribution is -2.45. The Hall–Kier alpha value is -2.04. The summed E-state index contributed by atoms with van der Waals surface area (Å²) in [6, 6.07) is 17.3. The summed E-state index contributed by atoms with van der Waals surface area (Å²) in [5.74, 6) is 1.75. The fraction of sp³-hybridized carbons (Fsp3) is 0.400. The normalized spacial score (nSPS) is 20.6. The van der Waals surface area contributed by atoms with Crippen LogP contribution in [0.25, 0.3) is 0 Å². The number of ether oxygens (including phenoxy) is 2. The second kappa shape index (κ2) is 8.18. The van der Waals surface area contributed by atoms with Crippen molar-refractivity contribution in [3.05, 3.63) is 59.7 Å². The molecule has 0 bridgehead atoms. The van der Waals surface area contributed by atoms with E-state index < -0.39 is 0 Å². The van der Waals surface area contributed by atoms with Crippen LogP contribution in [0.1, 0.15) is 30.0 Å². The average Bonchev–Trinajstić information content (AvgIpc) is 2.67. The van der Waals surface area contributed by atoms with Crippen LogP contribution in [0.15, 0.2) is 48.5 Å². The monoisotopic (exact) mass is 326 g/mol. The summed E-state index contributed by atoms with van der Waals surface area (Å²) in [5.41, 5.74) is 2.46. The maximum atomic E-state index is 5.49. The first-order valence-corrected chi connectivity index (χ1v) is 8.54. The highest BCUT2D eigenvalue weighted by Crippen LogP contribution is 2.27. The number of hydrogen-bond donors (Lipinski definition) is 2. The Balaban J connectivity index is 1.72. The largest absolute Gasteiger partial charge is 0.497 e. The first-order chi connectivity index (χ1) is 11.8. The van der Waals surface area contributed by atoms with E-state index in [0.29, 0.717) is 12.1 Å². The van der Waals surface area contributed by atoms with Gasteiger partial charge in [0, 0.05) is 24.2 Å². The first-order valence-electron chi connectivity index (χ1n) is 8.54. The van der Waals surface area contributed by atoms with Gasteiger partial charge in [-0.1, -0.05) is 30.3 Å². The van der Waals surface area contributed by atoms with E-state index in [1.807, 2.05) is 18.2 Å². The van der Waals surface area contributed by atoms with Crippen molar-refractivity contribution in [2.45, 2.75) is 31.5 Å². The maximum Gasteiger partial charge on any atom is 0.123 e. The minimum absolute atomic E-state index is 0.344. The van der Waals surface area contributed by atoms with Crippen molar-refractivity contribution in [2.75, 3.05) is 20.8 Å². The quantitative estimate of drug-likeness (QED) is 0.855. The maximum absolute atomic E-state index is 5.49. The van der Waals surface area contributed by atoms with Gasteiger partial charge in [0.25, 0.3) is 0 Å². The van der Waals surface area contributed by atoms with Crippen LogP contribution in [-0.2, 0) is 6.54 Å². The van der Waals surface area contributed by atoms with E-state index in [2.05, 4.69) is 41.0 Å². The summed E-state index contributed by atoms with van der Waals surface area (Å²) in [5, 5.41) is 7.37. The lowest BCUT2D eigenvalue weighted by molar-refractivity contribution is 0.302. The Morgan fingerprint density at radius 2 is 1.92 bits per heavy atom. The molecule has 24 heavy (non-hydrogen) atoms. The molecule has 1 aliphatic rings. The summed E-state index contributed by atoms with van der Waals surface area (Å²) in [6.45, 7) is 1.83. The van der Waals surface area contributed by atoms with Gasteiger partial charge in [-0.2, -0.15) is 0 Å². The van der Waals surface area contributed by atoms with Crippen LogP contribution in [0.3, 0.4) is 0 Å². The zero-order valence-electron chi connectivity index (χ0n) is 14.4. The lowest BCUT2D eigenvalue weighted by atomic mass is 9.92. The average molecular weight is 326 g/mol. The Morgan fingerprint density at radius 1 is 1.08 bits per heavy atom. The third kappa shape index (κ3) is 3.89.